The SMILES string of the molecule is CCCNC(=O)c1cc(F)ccc1F. The molecule has 0 aromatic heterocycles. The number of rotatable bonds is 3. The molecular weight excluding hydrogens is 188 g/mol. The largest absolute Gasteiger partial charge is 0.352 e. The third-order valence-corrected chi connectivity index (χ3v) is 1.71. The summed E-state index contributed by atoms with van der Waals surface area (Å²) in [4.78, 5) is 11.3. The van der Waals surface area contributed by atoms with Crippen molar-refractivity contribution in [1.82, 2.24) is 5.32 Å². The number of carbonyl (C=O) groups excluding carboxylic acids is 1. The van der Waals surface area contributed by atoms with Gasteiger partial charge in [0, 0.05) is 6.54 Å². The zero-order valence-corrected chi connectivity index (χ0v) is 7.81. The van der Waals surface area contributed by atoms with Crippen LogP contribution in [0.15, 0.2) is 18.2 Å². The van der Waals surface area contributed by atoms with Crippen LogP contribution in [0.2, 0.25) is 0 Å². The summed E-state index contributed by atoms with van der Waals surface area (Å²) < 4.78 is 25.7. The average molecular weight is 199 g/mol. The molecule has 0 fully saturated rings. The Balaban J connectivity index is 2.83. The van der Waals surface area contributed by atoms with Gasteiger partial charge in [0.2, 0.25) is 0 Å². The lowest BCUT2D eigenvalue weighted by molar-refractivity contribution is 0.0949. The van der Waals surface area contributed by atoms with E-state index in [1.165, 1.54) is 0 Å². The smallest absolute Gasteiger partial charge is 0.254 e. The first-order valence-electron chi connectivity index (χ1n) is 4.38. The van der Waals surface area contributed by atoms with Crippen molar-refractivity contribution in [3.05, 3.63) is 35.4 Å². The van der Waals surface area contributed by atoms with Crippen LogP contribution in [0.1, 0.15) is 23.7 Å². The van der Waals surface area contributed by atoms with Gasteiger partial charge in [0.15, 0.2) is 0 Å². The molecule has 2 nitrogen and oxygen atoms in total. The average Bonchev–Trinajstić information content (AvgIpc) is 2.18. The van der Waals surface area contributed by atoms with E-state index in [-0.39, 0.29) is 5.56 Å². The van der Waals surface area contributed by atoms with Crippen molar-refractivity contribution in [3.63, 3.8) is 0 Å². The lowest BCUT2D eigenvalue weighted by Gasteiger charge is -2.04. The van der Waals surface area contributed by atoms with E-state index < -0.39 is 17.5 Å². The molecule has 0 aliphatic carbocycles. The maximum Gasteiger partial charge on any atom is 0.254 e. The summed E-state index contributed by atoms with van der Waals surface area (Å²) in [6, 6.07) is 2.81. The number of amides is 1. The molecule has 0 unspecified atom stereocenters. The summed E-state index contributed by atoms with van der Waals surface area (Å²) in [6.07, 6.45) is 0.753. The van der Waals surface area contributed by atoms with Crippen LogP contribution >= 0.6 is 0 Å². The molecule has 0 radical (unpaired) electrons. The first kappa shape index (κ1) is 10.6. The van der Waals surface area contributed by atoms with Gasteiger partial charge in [-0.05, 0) is 24.6 Å². The normalized spacial score (nSPS) is 9.93. The molecule has 0 atom stereocenters. The molecule has 0 saturated heterocycles. The molecule has 14 heavy (non-hydrogen) atoms. The van der Waals surface area contributed by atoms with Crippen molar-refractivity contribution in [2.75, 3.05) is 6.54 Å². The minimum absolute atomic E-state index is 0.251. The van der Waals surface area contributed by atoms with Crippen molar-refractivity contribution in [2.45, 2.75) is 13.3 Å². The second-order valence-electron chi connectivity index (χ2n) is 2.88. The molecule has 76 valence electrons. The highest BCUT2D eigenvalue weighted by atomic mass is 19.1. The van der Waals surface area contributed by atoms with E-state index >= 15 is 0 Å². The number of carbonyl (C=O) groups is 1. The van der Waals surface area contributed by atoms with Gasteiger partial charge in [0.05, 0.1) is 5.56 Å². The minimum Gasteiger partial charge on any atom is -0.352 e. The van der Waals surface area contributed by atoms with Gasteiger partial charge < -0.3 is 5.32 Å². The van der Waals surface area contributed by atoms with Gasteiger partial charge in [-0.1, -0.05) is 6.92 Å². The first-order chi connectivity index (χ1) is 6.65. The summed E-state index contributed by atoms with van der Waals surface area (Å²) >= 11 is 0. The maximum absolute atomic E-state index is 13.0. The Labute approximate surface area is 80.9 Å². The zero-order chi connectivity index (χ0) is 10.6. The van der Waals surface area contributed by atoms with Crippen LogP contribution in [-0.2, 0) is 0 Å². The first-order valence-corrected chi connectivity index (χ1v) is 4.38. The van der Waals surface area contributed by atoms with Crippen molar-refractivity contribution >= 4 is 5.91 Å². The molecule has 4 heteroatoms. The second kappa shape index (κ2) is 4.69. The fraction of sp³-hybridized carbons (Fsp3) is 0.300. The van der Waals surface area contributed by atoms with Gasteiger partial charge in [0.25, 0.3) is 5.91 Å². The van der Waals surface area contributed by atoms with Crippen molar-refractivity contribution < 1.29 is 13.6 Å². The summed E-state index contributed by atoms with van der Waals surface area (Å²) in [5, 5.41) is 2.47. The maximum atomic E-state index is 13.0. The number of hydrogen-bond acceptors (Lipinski definition) is 1. The molecule has 1 aromatic rings. The van der Waals surface area contributed by atoms with Crippen LogP contribution < -0.4 is 5.32 Å². The Bertz CT molecular complexity index is 339. The molecule has 0 bridgehead atoms. The highest BCUT2D eigenvalue weighted by molar-refractivity contribution is 5.94. The lowest BCUT2D eigenvalue weighted by atomic mass is 10.2. The van der Waals surface area contributed by atoms with Crippen LogP contribution in [0.25, 0.3) is 0 Å². The van der Waals surface area contributed by atoms with E-state index in [2.05, 4.69) is 5.32 Å². The van der Waals surface area contributed by atoms with Gasteiger partial charge in [0.1, 0.15) is 11.6 Å². The third kappa shape index (κ3) is 2.52. The highest BCUT2D eigenvalue weighted by Crippen LogP contribution is 2.09. The predicted molar refractivity (Wildman–Crippen MR) is 49.0 cm³/mol. The van der Waals surface area contributed by atoms with E-state index in [1.54, 1.807) is 0 Å². The van der Waals surface area contributed by atoms with Crippen LogP contribution in [-0.4, -0.2) is 12.5 Å². The Hall–Kier alpha value is -1.45. The fourth-order valence-corrected chi connectivity index (χ4v) is 1.01. The Morgan fingerprint density at radius 3 is 2.79 bits per heavy atom. The Morgan fingerprint density at radius 1 is 1.43 bits per heavy atom. The molecule has 1 aromatic carbocycles. The standard InChI is InChI=1S/C10H11F2NO/c1-2-5-13-10(14)8-6-7(11)3-4-9(8)12/h3-4,6H,2,5H2,1H3,(H,13,14). The molecule has 0 heterocycles. The predicted octanol–water partition coefficient (Wildman–Crippen LogP) is 2.10. The summed E-state index contributed by atoms with van der Waals surface area (Å²) in [7, 11) is 0. The molecule has 0 aliphatic heterocycles. The molecular formula is C10H11F2NO. The lowest BCUT2D eigenvalue weighted by Crippen LogP contribution is -2.25. The highest BCUT2D eigenvalue weighted by Gasteiger charge is 2.11. The van der Waals surface area contributed by atoms with Crippen LogP contribution in [0, 0.1) is 11.6 Å². The summed E-state index contributed by atoms with van der Waals surface area (Å²) in [5.41, 5.74) is -0.251. The van der Waals surface area contributed by atoms with E-state index in [4.69, 9.17) is 0 Å². The van der Waals surface area contributed by atoms with Crippen LogP contribution in [0.3, 0.4) is 0 Å². The zero-order valence-electron chi connectivity index (χ0n) is 7.81. The topological polar surface area (TPSA) is 29.1 Å². The van der Waals surface area contributed by atoms with Gasteiger partial charge in [-0.25, -0.2) is 8.78 Å². The molecule has 1 N–H and O–H groups in total. The number of nitrogens with one attached hydrogen (secondary N) is 1. The van der Waals surface area contributed by atoms with Gasteiger partial charge >= 0.3 is 0 Å². The molecule has 1 amide bonds. The van der Waals surface area contributed by atoms with Crippen molar-refractivity contribution in [2.24, 2.45) is 0 Å². The quantitative estimate of drug-likeness (QED) is 0.793. The molecule has 0 saturated carbocycles. The summed E-state index contributed by atoms with van der Waals surface area (Å²) in [6.45, 7) is 2.33. The monoisotopic (exact) mass is 199 g/mol. The molecule has 1 rings (SSSR count). The number of hydrogen-bond donors (Lipinski definition) is 1. The van der Waals surface area contributed by atoms with Crippen molar-refractivity contribution in [1.29, 1.82) is 0 Å². The summed E-state index contributed by atoms with van der Waals surface area (Å²) in [5.74, 6) is -1.91. The van der Waals surface area contributed by atoms with Gasteiger partial charge in [-0.2, -0.15) is 0 Å². The van der Waals surface area contributed by atoms with Gasteiger partial charge in [-0.15, -0.1) is 0 Å². The fourth-order valence-electron chi connectivity index (χ4n) is 1.01. The van der Waals surface area contributed by atoms with E-state index in [9.17, 15) is 13.6 Å². The molecule has 0 spiro atoms. The second-order valence-corrected chi connectivity index (χ2v) is 2.88. The van der Waals surface area contributed by atoms with E-state index in [1.807, 2.05) is 6.92 Å². The number of halogens is 2. The Morgan fingerprint density at radius 2 is 2.14 bits per heavy atom. The molecule has 0 aliphatic rings. The van der Waals surface area contributed by atoms with E-state index in [0.29, 0.717) is 6.54 Å². The number of benzene rings is 1. The minimum atomic E-state index is -0.708. The third-order valence-electron chi connectivity index (χ3n) is 1.71. The van der Waals surface area contributed by atoms with Crippen LogP contribution in [0.5, 0.6) is 0 Å². The van der Waals surface area contributed by atoms with Crippen molar-refractivity contribution in [3.8, 4) is 0 Å². The Kier molecular flexibility index (Phi) is 3.56. The van der Waals surface area contributed by atoms with Gasteiger partial charge in [-0.3, -0.25) is 4.79 Å². The van der Waals surface area contributed by atoms with E-state index in [0.717, 1.165) is 24.6 Å². The van der Waals surface area contributed by atoms with Crippen LogP contribution in [0.4, 0.5) is 8.78 Å².